The molecule has 16 heteroatoms. The normalized spacial score (nSPS) is 14.0. The van der Waals surface area contributed by atoms with Crippen molar-refractivity contribution in [1.82, 2.24) is 34.2 Å². The number of amides is 2. The van der Waals surface area contributed by atoms with Gasteiger partial charge in [0.1, 0.15) is 23.6 Å². The molecule has 3 aromatic heterocycles. The number of likely N-dealkylation sites (tertiary alicyclic amines) is 1. The lowest BCUT2D eigenvalue weighted by atomic mass is 10.0. The van der Waals surface area contributed by atoms with E-state index in [1.165, 1.54) is 46.0 Å². The summed E-state index contributed by atoms with van der Waals surface area (Å²) in [6, 6.07) is 5.85. The number of anilines is 1. The predicted molar refractivity (Wildman–Crippen MR) is 155 cm³/mol. The average molecular weight is 631 g/mol. The van der Waals surface area contributed by atoms with Gasteiger partial charge in [-0.15, -0.1) is 0 Å². The number of hydrogen-bond acceptors (Lipinski definition) is 8. The van der Waals surface area contributed by atoms with Gasteiger partial charge in [-0.25, -0.2) is 9.50 Å². The van der Waals surface area contributed by atoms with Crippen LogP contribution in [0.5, 0.6) is 5.75 Å². The number of carbonyl (C=O) groups excluding carboxylic acids is 2. The van der Waals surface area contributed by atoms with Crippen LogP contribution in [0.4, 0.5) is 14.5 Å². The summed E-state index contributed by atoms with van der Waals surface area (Å²) in [4.78, 5) is 45.4. The molecule has 0 saturated carbocycles. The molecular formula is C28H29ClF2N8O5. The van der Waals surface area contributed by atoms with Gasteiger partial charge in [0.2, 0.25) is 5.91 Å². The van der Waals surface area contributed by atoms with Gasteiger partial charge in [-0.1, -0.05) is 11.6 Å². The van der Waals surface area contributed by atoms with Gasteiger partial charge >= 0.3 is 12.6 Å². The summed E-state index contributed by atoms with van der Waals surface area (Å²) in [5.74, 6) is -1.90. The van der Waals surface area contributed by atoms with Crippen molar-refractivity contribution < 1.29 is 33.0 Å². The topological polar surface area (TPSA) is 147 Å². The standard InChI is InChI=1S/C28H29ClF2N8O5/c1-36(10-7-24(41)42)18-5-11-37(12-6-18)23(40)16-38-15-21(34-27(43)20-14-33-39-9-2-8-32-26(20)39)25(35-38)19-13-17(29)3-4-22(19)44-28(30)31/h2-4,8-9,13-15,18,28H,5-7,10-12,16H2,1H3,(H,34,43)(H,41,42). The van der Waals surface area contributed by atoms with E-state index in [-0.39, 0.29) is 58.2 Å². The Labute approximate surface area is 255 Å². The molecule has 232 valence electrons. The first-order valence-electron chi connectivity index (χ1n) is 13.7. The number of nitrogens with zero attached hydrogens (tertiary/aromatic N) is 7. The van der Waals surface area contributed by atoms with E-state index in [0.717, 1.165) is 0 Å². The minimum absolute atomic E-state index is 0.0424. The van der Waals surface area contributed by atoms with E-state index in [2.05, 4.69) is 20.5 Å². The van der Waals surface area contributed by atoms with Crippen LogP contribution in [0.1, 0.15) is 29.6 Å². The van der Waals surface area contributed by atoms with Gasteiger partial charge < -0.3 is 25.0 Å². The number of rotatable bonds is 11. The maximum Gasteiger partial charge on any atom is 0.387 e. The Morgan fingerprint density at radius 1 is 1.25 bits per heavy atom. The number of carboxylic acids is 1. The van der Waals surface area contributed by atoms with Crippen molar-refractivity contribution in [2.75, 3.05) is 32.0 Å². The number of nitrogens with one attached hydrogen (secondary N) is 1. The van der Waals surface area contributed by atoms with Crippen LogP contribution in [0.3, 0.4) is 0 Å². The molecule has 4 heterocycles. The highest BCUT2D eigenvalue weighted by Gasteiger charge is 2.27. The summed E-state index contributed by atoms with van der Waals surface area (Å²) >= 11 is 6.19. The third-order valence-corrected chi connectivity index (χ3v) is 7.60. The zero-order valence-electron chi connectivity index (χ0n) is 23.6. The number of ether oxygens (including phenoxy) is 1. The summed E-state index contributed by atoms with van der Waals surface area (Å²) in [6.07, 6.45) is 7.32. The van der Waals surface area contributed by atoms with Crippen LogP contribution >= 0.6 is 11.6 Å². The molecule has 0 atom stereocenters. The van der Waals surface area contributed by atoms with Crippen molar-refractivity contribution in [3.05, 3.63) is 59.6 Å². The van der Waals surface area contributed by atoms with E-state index in [9.17, 15) is 23.2 Å². The van der Waals surface area contributed by atoms with Gasteiger partial charge in [0.05, 0.1) is 18.3 Å². The Balaban J connectivity index is 1.38. The van der Waals surface area contributed by atoms with E-state index >= 15 is 0 Å². The molecule has 1 fully saturated rings. The lowest BCUT2D eigenvalue weighted by Gasteiger charge is -2.36. The highest BCUT2D eigenvalue weighted by Crippen LogP contribution is 2.37. The van der Waals surface area contributed by atoms with Crippen molar-refractivity contribution in [3.63, 3.8) is 0 Å². The second-order valence-corrected chi connectivity index (χ2v) is 10.7. The van der Waals surface area contributed by atoms with Crippen molar-refractivity contribution in [1.29, 1.82) is 0 Å². The summed E-state index contributed by atoms with van der Waals surface area (Å²) < 4.78 is 34.0. The van der Waals surface area contributed by atoms with Crippen LogP contribution in [0.15, 0.2) is 49.1 Å². The molecule has 5 rings (SSSR count). The quantitative estimate of drug-likeness (QED) is 0.254. The molecular weight excluding hydrogens is 602 g/mol. The molecule has 0 radical (unpaired) electrons. The summed E-state index contributed by atoms with van der Waals surface area (Å²) in [6.45, 7) is -1.95. The van der Waals surface area contributed by atoms with Crippen LogP contribution in [-0.4, -0.2) is 96.4 Å². The van der Waals surface area contributed by atoms with Gasteiger partial charge in [-0.05, 0) is 44.2 Å². The Hall–Kier alpha value is -4.63. The van der Waals surface area contributed by atoms with Gasteiger partial charge in [-0.3, -0.25) is 19.1 Å². The molecule has 44 heavy (non-hydrogen) atoms. The highest BCUT2D eigenvalue weighted by molar-refractivity contribution is 6.31. The SMILES string of the molecule is CN(CCC(=O)O)C1CCN(C(=O)Cn2cc(NC(=O)c3cnn4cccnc34)c(-c3cc(Cl)ccc3OC(F)F)n2)CC1. The molecule has 1 aromatic carbocycles. The third-order valence-electron chi connectivity index (χ3n) is 7.36. The monoisotopic (exact) mass is 630 g/mol. The third kappa shape index (κ3) is 7.11. The second kappa shape index (κ2) is 13.3. The van der Waals surface area contributed by atoms with E-state index in [4.69, 9.17) is 21.4 Å². The van der Waals surface area contributed by atoms with Crippen molar-refractivity contribution in [3.8, 4) is 17.0 Å². The van der Waals surface area contributed by atoms with Gasteiger partial charge in [0, 0.05) is 54.9 Å². The van der Waals surface area contributed by atoms with E-state index in [1.807, 2.05) is 11.9 Å². The number of piperidine rings is 1. The number of aliphatic carboxylic acids is 1. The van der Waals surface area contributed by atoms with Crippen LogP contribution in [-0.2, 0) is 16.1 Å². The first-order valence-corrected chi connectivity index (χ1v) is 14.1. The maximum absolute atomic E-state index is 13.3. The van der Waals surface area contributed by atoms with Crippen molar-refractivity contribution in [2.24, 2.45) is 0 Å². The van der Waals surface area contributed by atoms with Gasteiger partial charge in [-0.2, -0.15) is 19.0 Å². The molecule has 1 saturated heterocycles. The number of halogens is 3. The first-order chi connectivity index (χ1) is 21.1. The van der Waals surface area contributed by atoms with Crippen LogP contribution in [0.2, 0.25) is 5.02 Å². The molecule has 1 aliphatic heterocycles. The fourth-order valence-corrected chi connectivity index (χ4v) is 5.28. The number of aromatic nitrogens is 5. The van der Waals surface area contributed by atoms with E-state index in [0.29, 0.717) is 38.1 Å². The molecule has 0 bridgehead atoms. The Kier molecular flexibility index (Phi) is 9.35. The summed E-state index contributed by atoms with van der Waals surface area (Å²) in [5, 5.41) is 20.5. The van der Waals surface area contributed by atoms with Crippen molar-refractivity contribution in [2.45, 2.75) is 38.5 Å². The molecule has 2 amide bonds. The number of carbonyl (C=O) groups is 3. The largest absolute Gasteiger partial charge is 0.481 e. The maximum atomic E-state index is 13.3. The number of fused-ring (bicyclic) bond motifs is 1. The first kappa shape index (κ1) is 30.8. The minimum Gasteiger partial charge on any atom is -0.481 e. The van der Waals surface area contributed by atoms with E-state index in [1.54, 1.807) is 17.2 Å². The Morgan fingerprint density at radius 2 is 2.02 bits per heavy atom. The fourth-order valence-electron chi connectivity index (χ4n) is 5.10. The molecule has 1 aliphatic rings. The van der Waals surface area contributed by atoms with Gasteiger partial charge in [0.25, 0.3) is 5.91 Å². The lowest BCUT2D eigenvalue weighted by molar-refractivity contribution is -0.137. The Bertz CT molecular complexity index is 1670. The van der Waals surface area contributed by atoms with Crippen LogP contribution in [0.25, 0.3) is 16.9 Å². The molecule has 0 spiro atoms. The number of benzene rings is 1. The number of carboxylic acid groups (broad SMARTS) is 1. The molecule has 13 nitrogen and oxygen atoms in total. The van der Waals surface area contributed by atoms with E-state index < -0.39 is 18.5 Å². The Morgan fingerprint density at radius 3 is 2.75 bits per heavy atom. The fraction of sp³-hybridized carbons (Fsp3) is 0.357. The number of alkyl halides is 2. The summed E-state index contributed by atoms with van der Waals surface area (Å²) in [7, 11) is 1.87. The smallest absolute Gasteiger partial charge is 0.387 e. The molecule has 4 aromatic rings. The lowest BCUT2D eigenvalue weighted by Crippen LogP contribution is -2.46. The summed E-state index contributed by atoms with van der Waals surface area (Å²) in [5.41, 5.74) is 0.732. The average Bonchev–Trinajstić information content (AvgIpc) is 3.60. The molecule has 0 aliphatic carbocycles. The highest BCUT2D eigenvalue weighted by atomic mass is 35.5. The van der Waals surface area contributed by atoms with Crippen LogP contribution < -0.4 is 10.1 Å². The second-order valence-electron chi connectivity index (χ2n) is 10.2. The molecule has 2 N–H and O–H groups in total. The predicted octanol–water partition coefficient (Wildman–Crippen LogP) is 3.50. The molecule has 0 unspecified atom stereocenters. The zero-order valence-corrected chi connectivity index (χ0v) is 24.3. The van der Waals surface area contributed by atoms with Gasteiger partial charge in [0.15, 0.2) is 5.65 Å². The van der Waals surface area contributed by atoms with Crippen molar-refractivity contribution >= 4 is 40.7 Å². The van der Waals surface area contributed by atoms with Crippen LogP contribution in [0, 0.1) is 0 Å². The minimum atomic E-state index is -3.13. The number of hydrogen-bond donors (Lipinski definition) is 2. The zero-order chi connectivity index (χ0) is 31.4.